The van der Waals surface area contributed by atoms with Gasteiger partial charge in [0, 0.05) is 31.7 Å². The molecule has 1 heterocycles. The Kier molecular flexibility index (Phi) is 6.65. The van der Waals surface area contributed by atoms with Crippen molar-refractivity contribution in [1.29, 1.82) is 0 Å². The number of carbonyl (C=O) groups is 1. The molecule has 18 heavy (non-hydrogen) atoms. The molecule has 0 radical (unpaired) electrons. The number of amides is 1. The van der Waals surface area contributed by atoms with Crippen LogP contribution < -0.4 is 10.6 Å². The molecule has 1 aliphatic rings. The van der Waals surface area contributed by atoms with Crippen molar-refractivity contribution in [2.45, 2.75) is 52.6 Å². The molecule has 0 aromatic heterocycles. The minimum Gasteiger partial charge on any atom is -0.355 e. The third-order valence-electron chi connectivity index (χ3n) is 3.63. The van der Waals surface area contributed by atoms with Crippen LogP contribution in [0.2, 0.25) is 0 Å². The number of rotatable bonds is 6. The average Bonchev–Trinajstić information content (AvgIpc) is 2.36. The van der Waals surface area contributed by atoms with Crippen molar-refractivity contribution in [3.8, 4) is 0 Å². The van der Waals surface area contributed by atoms with Crippen molar-refractivity contribution in [2.75, 3.05) is 26.2 Å². The van der Waals surface area contributed by atoms with Crippen LogP contribution in [0.25, 0.3) is 0 Å². The molecule has 1 fully saturated rings. The second-order valence-electron chi connectivity index (χ2n) is 5.70. The Bertz CT molecular complexity index is 255. The van der Waals surface area contributed by atoms with Crippen LogP contribution in [-0.2, 0) is 4.79 Å². The quantitative estimate of drug-likeness (QED) is 0.750. The Hall–Kier alpha value is -0.610. The first kappa shape index (κ1) is 15.4. The molecule has 106 valence electrons. The summed E-state index contributed by atoms with van der Waals surface area (Å²) in [5.41, 5.74) is 0. The van der Waals surface area contributed by atoms with E-state index in [4.69, 9.17) is 0 Å². The molecule has 0 aliphatic carbocycles. The van der Waals surface area contributed by atoms with Crippen molar-refractivity contribution in [1.82, 2.24) is 15.5 Å². The summed E-state index contributed by atoms with van der Waals surface area (Å²) in [5.74, 6) is 0.682. The minimum absolute atomic E-state index is 0.166. The highest BCUT2D eigenvalue weighted by molar-refractivity contribution is 5.78. The summed E-state index contributed by atoms with van der Waals surface area (Å²) in [6.07, 6.45) is 2.22. The summed E-state index contributed by atoms with van der Waals surface area (Å²) in [6.45, 7) is 11.9. The maximum Gasteiger partial charge on any atom is 0.234 e. The summed E-state index contributed by atoms with van der Waals surface area (Å²) in [5, 5.41) is 6.56. The molecular weight excluding hydrogens is 226 g/mol. The number of hydrogen-bond acceptors (Lipinski definition) is 3. The van der Waals surface area contributed by atoms with Gasteiger partial charge in [-0.2, -0.15) is 0 Å². The maximum absolute atomic E-state index is 11.9. The summed E-state index contributed by atoms with van der Waals surface area (Å²) < 4.78 is 0. The van der Waals surface area contributed by atoms with Gasteiger partial charge in [0.15, 0.2) is 0 Å². The Labute approximate surface area is 111 Å². The number of hydrogen-bond donors (Lipinski definition) is 2. The van der Waals surface area contributed by atoms with E-state index in [2.05, 4.69) is 43.2 Å². The first-order valence-electron chi connectivity index (χ1n) is 7.30. The molecule has 0 aromatic carbocycles. The summed E-state index contributed by atoms with van der Waals surface area (Å²) in [4.78, 5) is 14.2. The molecule has 0 bridgehead atoms. The van der Waals surface area contributed by atoms with Crippen LogP contribution in [0.5, 0.6) is 0 Å². The van der Waals surface area contributed by atoms with Gasteiger partial charge in [-0.25, -0.2) is 0 Å². The van der Waals surface area contributed by atoms with Crippen LogP contribution in [0.1, 0.15) is 40.5 Å². The Morgan fingerprint density at radius 1 is 1.39 bits per heavy atom. The van der Waals surface area contributed by atoms with Gasteiger partial charge >= 0.3 is 0 Å². The van der Waals surface area contributed by atoms with Crippen LogP contribution in [0.15, 0.2) is 0 Å². The van der Waals surface area contributed by atoms with Crippen LogP contribution in [-0.4, -0.2) is 49.1 Å². The fourth-order valence-corrected chi connectivity index (χ4v) is 2.36. The largest absolute Gasteiger partial charge is 0.355 e. The topological polar surface area (TPSA) is 44.4 Å². The first-order chi connectivity index (χ1) is 8.56. The number of nitrogens with one attached hydrogen (secondary N) is 2. The van der Waals surface area contributed by atoms with E-state index in [0.29, 0.717) is 24.5 Å². The van der Waals surface area contributed by atoms with Gasteiger partial charge < -0.3 is 10.6 Å². The van der Waals surface area contributed by atoms with E-state index in [1.807, 2.05) is 0 Å². The Balaban J connectivity index is 2.42. The van der Waals surface area contributed by atoms with Crippen molar-refractivity contribution < 1.29 is 4.79 Å². The summed E-state index contributed by atoms with van der Waals surface area (Å²) in [6, 6.07) is 1.03. The van der Waals surface area contributed by atoms with E-state index in [-0.39, 0.29) is 5.91 Å². The SMILES string of the molecule is CCC1CN(CC(=O)NCC(C)C)C(CC)CN1. The van der Waals surface area contributed by atoms with Gasteiger partial charge in [0.25, 0.3) is 0 Å². The lowest BCUT2D eigenvalue weighted by Gasteiger charge is -2.39. The van der Waals surface area contributed by atoms with Gasteiger partial charge in [0.1, 0.15) is 0 Å². The van der Waals surface area contributed by atoms with Gasteiger partial charge in [0.2, 0.25) is 5.91 Å². The van der Waals surface area contributed by atoms with E-state index in [1.54, 1.807) is 0 Å². The van der Waals surface area contributed by atoms with Crippen molar-refractivity contribution in [3.63, 3.8) is 0 Å². The van der Waals surface area contributed by atoms with Crippen LogP contribution in [0.3, 0.4) is 0 Å². The molecule has 1 rings (SSSR count). The summed E-state index contributed by atoms with van der Waals surface area (Å²) in [7, 11) is 0. The fourth-order valence-electron chi connectivity index (χ4n) is 2.36. The third-order valence-corrected chi connectivity index (χ3v) is 3.63. The zero-order valence-corrected chi connectivity index (χ0v) is 12.3. The molecule has 2 atom stereocenters. The van der Waals surface area contributed by atoms with Gasteiger partial charge in [-0.1, -0.05) is 27.7 Å². The van der Waals surface area contributed by atoms with Crippen molar-refractivity contribution >= 4 is 5.91 Å². The normalized spacial score (nSPS) is 25.4. The monoisotopic (exact) mass is 255 g/mol. The Morgan fingerprint density at radius 3 is 2.67 bits per heavy atom. The maximum atomic E-state index is 11.9. The molecule has 1 amide bonds. The van der Waals surface area contributed by atoms with Gasteiger partial charge in [-0.15, -0.1) is 0 Å². The lowest BCUT2D eigenvalue weighted by Crippen LogP contribution is -2.58. The zero-order valence-electron chi connectivity index (χ0n) is 12.3. The lowest BCUT2D eigenvalue weighted by molar-refractivity contribution is -0.123. The van der Waals surface area contributed by atoms with E-state index in [9.17, 15) is 4.79 Å². The molecule has 0 aromatic rings. The third kappa shape index (κ3) is 4.94. The molecule has 4 nitrogen and oxygen atoms in total. The van der Waals surface area contributed by atoms with Crippen molar-refractivity contribution in [2.24, 2.45) is 5.92 Å². The molecule has 2 N–H and O–H groups in total. The van der Waals surface area contributed by atoms with Crippen LogP contribution in [0, 0.1) is 5.92 Å². The predicted molar refractivity (Wildman–Crippen MR) is 75.6 cm³/mol. The highest BCUT2D eigenvalue weighted by Crippen LogP contribution is 2.11. The predicted octanol–water partition coefficient (Wildman–Crippen LogP) is 1.22. The molecule has 4 heteroatoms. The molecule has 2 unspecified atom stereocenters. The van der Waals surface area contributed by atoms with E-state index < -0.39 is 0 Å². The smallest absolute Gasteiger partial charge is 0.234 e. The molecule has 1 saturated heterocycles. The Morgan fingerprint density at radius 2 is 2.11 bits per heavy atom. The number of piperazine rings is 1. The zero-order chi connectivity index (χ0) is 13.5. The highest BCUT2D eigenvalue weighted by Gasteiger charge is 2.27. The fraction of sp³-hybridized carbons (Fsp3) is 0.929. The van der Waals surface area contributed by atoms with Gasteiger partial charge in [-0.3, -0.25) is 9.69 Å². The van der Waals surface area contributed by atoms with Gasteiger partial charge in [-0.05, 0) is 18.8 Å². The number of carbonyl (C=O) groups excluding carboxylic acids is 1. The second-order valence-corrected chi connectivity index (χ2v) is 5.70. The van der Waals surface area contributed by atoms with E-state index in [1.165, 1.54) is 0 Å². The van der Waals surface area contributed by atoms with E-state index >= 15 is 0 Å². The lowest BCUT2D eigenvalue weighted by atomic mass is 10.1. The van der Waals surface area contributed by atoms with Crippen molar-refractivity contribution in [3.05, 3.63) is 0 Å². The average molecular weight is 255 g/mol. The molecular formula is C14H29N3O. The second kappa shape index (κ2) is 7.74. The van der Waals surface area contributed by atoms with Crippen LogP contribution >= 0.6 is 0 Å². The van der Waals surface area contributed by atoms with Gasteiger partial charge in [0.05, 0.1) is 6.54 Å². The standard InChI is InChI=1S/C14H29N3O/c1-5-12-9-17(13(6-2)8-15-12)10-14(18)16-7-11(3)4/h11-13,15H,5-10H2,1-4H3,(H,16,18). The molecule has 1 aliphatic heterocycles. The highest BCUT2D eigenvalue weighted by atomic mass is 16.2. The molecule has 0 spiro atoms. The van der Waals surface area contributed by atoms with E-state index in [0.717, 1.165) is 32.5 Å². The number of nitrogens with zero attached hydrogens (tertiary/aromatic N) is 1. The minimum atomic E-state index is 0.166. The van der Waals surface area contributed by atoms with Crippen LogP contribution in [0.4, 0.5) is 0 Å². The first-order valence-corrected chi connectivity index (χ1v) is 7.30. The summed E-state index contributed by atoms with van der Waals surface area (Å²) >= 11 is 0. The molecule has 0 saturated carbocycles.